The second-order valence-electron chi connectivity index (χ2n) is 6.65. The van der Waals surface area contributed by atoms with Crippen molar-refractivity contribution in [1.29, 1.82) is 0 Å². The van der Waals surface area contributed by atoms with Crippen LogP contribution in [0.3, 0.4) is 0 Å². The van der Waals surface area contributed by atoms with E-state index in [1.54, 1.807) is 6.20 Å². The van der Waals surface area contributed by atoms with E-state index in [4.69, 9.17) is 5.11 Å². The molecule has 0 unspecified atom stereocenters. The predicted molar refractivity (Wildman–Crippen MR) is 110 cm³/mol. The van der Waals surface area contributed by atoms with Crippen LogP contribution < -0.4 is 0 Å². The van der Waals surface area contributed by atoms with Crippen LogP contribution in [-0.2, 0) is 6.54 Å². The molecule has 30 heavy (non-hydrogen) atoms. The van der Waals surface area contributed by atoms with E-state index in [1.807, 2.05) is 54.6 Å². The van der Waals surface area contributed by atoms with Crippen LogP contribution in [-0.4, -0.2) is 31.0 Å². The van der Waals surface area contributed by atoms with Crippen molar-refractivity contribution in [3.05, 3.63) is 100 Å². The average Bonchev–Trinajstić information content (AvgIpc) is 3.23. The van der Waals surface area contributed by atoms with E-state index in [-0.39, 0.29) is 17.8 Å². The molecule has 0 aliphatic heterocycles. The summed E-state index contributed by atoms with van der Waals surface area (Å²) < 4.78 is 1.49. The maximum atomic E-state index is 11.3. The van der Waals surface area contributed by atoms with Gasteiger partial charge in [-0.25, -0.2) is 9.48 Å². The third-order valence-corrected chi connectivity index (χ3v) is 4.69. The molecule has 0 atom stereocenters. The lowest BCUT2D eigenvalue weighted by molar-refractivity contribution is -0.385. The monoisotopic (exact) mass is 400 g/mol. The molecule has 0 spiro atoms. The summed E-state index contributed by atoms with van der Waals surface area (Å²) in [5.41, 5.74) is 3.66. The number of rotatable bonds is 6. The largest absolute Gasteiger partial charge is 0.478 e. The summed E-state index contributed by atoms with van der Waals surface area (Å²) in [7, 11) is 0. The van der Waals surface area contributed by atoms with Gasteiger partial charge in [-0.1, -0.05) is 59.8 Å². The molecule has 0 bridgehead atoms. The summed E-state index contributed by atoms with van der Waals surface area (Å²) in [5.74, 6) is -1.22. The fourth-order valence-corrected chi connectivity index (χ4v) is 3.15. The highest BCUT2D eigenvalue weighted by Crippen LogP contribution is 2.25. The number of nitro groups is 1. The zero-order valence-electron chi connectivity index (χ0n) is 15.7. The summed E-state index contributed by atoms with van der Waals surface area (Å²) in [6, 6.07) is 21.7. The van der Waals surface area contributed by atoms with Crippen molar-refractivity contribution in [1.82, 2.24) is 15.0 Å². The number of carbonyl (C=O) groups is 1. The van der Waals surface area contributed by atoms with Crippen molar-refractivity contribution >= 4 is 11.7 Å². The lowest BCUT2D eigenvalue weighted by Gasteiger charge is -2.04. The van der Waals surface area contributed by atoms with Crippen LogP contribution in [0.4, 0.5) is 5.69 Å². The molecule has 0 amide bonds. The molecule has 4 rings (SSSR count). The van der Waals surface area contributed by atoms with Crippen LogP contribution in [0.2, 0.25) is 0 Å². The Morgan fingerprint density at radius 2 is 1.63 bits per heavy atom. The van der Waals surface area contributed by atoms with Gasteiger partial charge in [-0.3, -0.25) is 10.1 Å². The number of hydrogen-bond donors (Lipinski definition) is 1. The van der Waals surface area contributed by atoms with E-state index in [0.29, 0.717) is 11.3 Å². The fraction of sp³-hybridized carbons (Fsp3) is 0.0455. The quantitative estimate of drug-likeness (QED) is 0.382. The van der Waals surface area contributed by atoms with Gasteiger partial charge in [0, 0.05) is 11.6 Å². The molecule has 1 N–H and O–H groups in total. The number of carboxylic acids is 1. The Kier molecular flexibility index (Phi) is 5.04. The minimum Gasteiger partial charge on any atom is -0.478 e. The molecule has 0 saturated carbocycles. The molecular formula is C22H16N4O4. The Labute approximate surface area is 171 Å². The Morgan fingerprint density at radius 1 is 0.967 bits per heavy atom. The number of nitrogens with zero attached hydrogens (tertiary/aromatic N) is 4. The number of hydrogen-bond acceptors (Lipinski definition) is 5. The highest BCUT2D eigenvalue weighted by Gasteiger charge is 2.18. The molecule has 0 fully saturated rings. The lowest BCUT2D eigenvalue weighted by Crippen LogP contribution is -2.06. The highest BCUT2D eigenvalue weighted by atomic mass is 16.6. The minimum atomic E-state index is -1.22. The molecule has 0 aliphatic carbocycles. The molecule has 8 heteroatoms. The molecule has 1 aromatic heterocycles. The first-order valence-electron chi connectivity index (χ1n) is 9.08. The van der Waals surface area contributed by atoms with Gasteiger partial charge in [-0.15, -0.1) is 5.10 Å². The molecule has 0 aliphatic rings. The minimum absolute atomic E-state index is 0.102. The second kappa shape index (κ2) is 7.96. The molecule has 1 heterocycles. The normalized spacial score (nSPS) is 10.7. The molecular weight excluding hydrogens is 384 g/mol. The van der Waals surface area contributed by atoms with Crippen molar-refractivity contribution in [2.45, 2.75) is 6.54 Å². The summed E-state index contributed by atoms with van der Waals surface area (Å²) in [4.78, 5) is 21.8. The number of aromatic carboxylic acids is 1. The van der Waals surface area contributed by atoms with Gasteiger partial charge in [0.2, 0.25) is 0 Å². The first-order chi connectivity index (χ1) is 14.5. The maximum absolute atomic E-state index is 11.3. The fourth-order valence-electron chi connectivity index (χ4n) is 3.15. The van der Waals surface area contributed by atoms with Crippen LogP contribution in [0.15, 0.2) is 79.0 Å². The van der Waals surface area contributed by atoms with Crippen molar-refractivity contribution in [3.8, 4) is 22.4 Å². The second-order valence-corrected chi connectivity index (χ2v) is 6.65. The third kappa shape index (κ3) is 3.93. The third-order valence-electron chi connectivity index (χ3n) is 4.69. The van der Waals surface area contributed by atoms with Gasteiger partial charge in [-0.05, 0) is 23.3 Å². The van der Waals surface area contributed by atoms with Crippen molar-refractivity contribution in [2.75, 3.05) is 0 Å². The van der Waals surface area contributed by atoms with Crippen molar-refractivity contribution in [3.63, 3.8) is 0 Å². The Morgan fingerprint density at radius 3 is 2.30 bits per heavy atom. The summed E-state index contributed by atoms with van der Waals surface area (Å²) >= 11 is 0. The summed E-state index contributed by atoms with van der Waals surface area (Å²) in [6.07, 6.45) is 1.70. The van der Waals surface area contributed by atoms with Crippen LogP contribution in [0.25, 0.3) is 22.4 Å². The highest BCUT2D eigenvalue weighted by molar-refractivity contribution is 5.88. The maximum Gasteiger partial charge on any atom is 0.335 e. The Balaban J connectivity index is 1.56. The average molecular weight is 400 g/mol. The van der Waals surface area contributed by atoms with Crippen molar-refractivity contribution < 1.29 is 14.8 Å². The van der Waals surface area contributed by atoms with E-state index < -0.39 is 10.9 Å². The van der Waals surface area contributed by atoms with Gasteiger partial charge in [-0.2, -0.15) is 0 Å². The van der Waals surface area contributed by atoms with E-state index in [2.05, 4.69) is 10.3 Å². The summed E-state index contributed by atoms with van der Waals surface area (Å²) in [5, 5.41) is 28.6. The van der Waals surface area contributed by atoms with E-state index >= 15 is 0 Å². The first kappa shape index (κ1) is 19.0. The van der Waals surface area contributed by atoms with Crippen LogP contribution in [0, 0.1) is 10.1 Å². The number of carboxylic acid groups (broad SMARTS) is 1. The van der Waals surface area contributed by atoms with Crippen LogP contribution in [0.1, 0.15) is 15.9 Å². The molecule has 0 saturated heterocycles. The Bertz CT molecular complexity index is 1220. The predicted octanol–water partition coefficient (Wildman–Crippen LogP) is 4.27. The number of nitro benzene ring substituents is 1. The topological polar surface area (TPSA) is 111 Å². The molecule has 8 nitrogen and oxygen atoms in total. The van der Waals surface area contributed by atoms with E-state index in [0.717, 1.165) is 22.8 Å². The van der Waals surface area contributed by atoms with Gasteiger partial charge in [0.15, 0.2) is 0 Å². The summed E-state index contributed by atoms with van der Waals surface area (Å²) in [6.45, 7) is 0.102. The van der Waals surface area contributed by atoms with E-state index in [9.17, 15) is 14.9 Å². The number of aromatic nitrogens is 3. The zero-order valence-corrected chi connectivity index (χ0v) is 15.7. The van der Waals surface area contributed by atoms with Gasteiger partial charge in [0.1, 0.15) is 5.69 Å². The molecule has 4 aromatic rings. The van der Waals surface area contributed by atoms with Crippen LogP contribution >= 0.6 is 0 Å². The molecule has 3 aromatic carbocycles. The standard InChI is InChI=1S/C22H16N4O4/c27-22(28)18-10-11-19(21(12-18)26(29)30)13-25-14-20(23-24-25)17-8-6-16(7-9-17)15-4-2-1-3-5-15/h1-12,14H,13H2,(H,27,28). The first-order valence-corrected chi connectivity index (χ1v) is 9.08. The van der Waals surface area contributed by atoms with Gasteiger partial charge in [0.25, 0.3) is 5.69 Å². The van der Waals surface area contributed by atoms with Crippen molar-refractivity contribution in [2.24, 2.45) is 0 Å². The lowest BCUT2D eigenvalue weighted by atomic mass is 10.0. The smallest absolute Gasteiger partial charge is 0.335 e. The van der Waals surface area contributed by atoms with Crippen LogP contribution in [0.5, 0.6) is 0 Å². The van der Waals surface area contributed by atoms with Gasteiger partial charge >= 0.3 is 5.97 Å². The zero-order chi connectivity index (χ0) is 21.1. The van der Waals surface area contributed by atoms with Gasteiger partial charge in [0.05, 0.1) is 28.8 Å². The molecule has 0 radical (unpaired) electrons. The van der Waals surface area contributed by atoms with Gasteiger partial charge < -0.3 is 5.11 Å². The number of benzene rings is 3. The SMILES string of the molecule is O=C(O)c1ccc(Cn2cc(-c3ccc(-c4ccccc4)cc3)nn2)c([N+](=O)[O-])c1. The van der Waals surface area contributed by atoms with E-state index in [1.165, 1.54) is 16.8 Å². The Hall–Kier alpha value is -4.33. The molecule has 148 valence electrons.